The topological polar surface area (TPSA) is 179 Å². The first-order valence-corrected chi connectivity index (χ1v) is 15.0. The first-order valence-electron chi connectivity index (χ1n) is 13.5. The number of imidazole rings is 1. The number of esters is 1. The number of carbonyl (C=O) groups is 1. The number of para-hydroxylation sites is 1. The molecule has 4 N–H and O–H groups in total. The van der Waals surface area contributed by atoms with Gasteiger partial charge in [-0.3, -0.25) is 13.9 Å². The molecule has 0 bridgehead atoms. The molecule has 0 amide bonds. The molecule has 2 aliphatic rings. The molecule has 6 atom stereocenters. The zero-order valence-corrected chi connectivity index (χ0v) is 24.2. The maximum absolute atomic E-state index is 13.9. The van der Waals surface area contributed by atoms with E-state index < -0.39 is 56.5 Å². The van der Waals surface area contributed by atoms with Crippen molar-refractivity contribution < 1.29 is 38.1 Å². The number of terminal acetylenes is 1. The van der Waals surface area contributed by atoms with Crippen LogP contribution in [0, 0.1) is 12.3 Å². The molecule has 2 aromatic heterocycles. The average Bonchev–Trinajstić information content (AvgIpc) is 3.61. The molecule has 1 saturated carbocycles. The van der Waals surface area contributed by atoms with E-state index in [0.29, 0.717) is 23.0 Å². The largest absolute Gasteiger partial charge is 0.462 e. The minimum atomic E-state index is -4.35. The summed E-state index contributed by atoms with van der Waals surface area (Å²) >= 11 is 0. The standard InChI is InChI=1S/C27H33N6O8P/c1-5-27(13-38-42(37,41-19-9-7-6-8-10-19)32-17(4)26(36)39-16(2)3)22(35)21(34)25(40-27)33-15-30-20-23(31-18-11-12-18)28-14-29-24(20)33/h1,6-10,14-18,21-22,25,34-35H,11-13H2,2-4H3,(H,32,37)(H,28,29,31)/t17-,21?,22?,25+,27+,42?/m0/s1. The van der Waals surface area contributed by atoms with Gasteiger partial charge in [0.25, 0.3) is 0 Å². The number of rotatable bonds is 12. The van der Waals surface area contributed by atoms with Crippen LogP contribution in [0.2, 0.25) is 0 Å². The summed E-state index contributed by atoms with van der Waals surface area (Å²) in [4.78, 5) is 25.4. The highest BCUT2D eigenvalue weighted by Crippen LogP contribution is 2.48. The van der Waals surface area contributed by atoms with Crippen LogP contribution in [0.1, 0.15) is 39.8 Å². The number of ether oxygens (including phenoxy) is 2. The molecule has 15 heteroatoms. The van der Waals surface area contributed by atoms with Gasteiger partial charge in [0.15, 0.2) is 28.8 Å². The van der Waals surface area contributed by atoms with Gasteiger partial charge in [0, 0.05) is 6.04 Å². The fourth-order valence-corrected chi connectivity index (χ4v) is 5.89. The van der Waals surface area contributed by atoms with Crippen molar-refractivity contribution >= 4 is 30.7 Å². The minimum Gasteiger partial charge on any atom is -0.462 e. The number of carbonyl (C=O) groups excluding carboxylic acids is 1. The second-order valence-corrected chi connectivity index (χ2v) is 12.1. The number of hydrogen-bond acceptors (Lipinski definition) is 12. The molecule has 1 aromatic carbocycles. The molecular formula is C27H33N6O8P. The number of anilines is 1. The molecule has 1 aliphatic carbocycles. The molecule has 2 fully saturated rings. The fourth-order valence-electron chi connectivity index (χ4n) is 4.37. The van der Waals surface area contributed by atoms with E-state index in [-0.39, 0.29) is 5.75 Å². The Balaban J connectivity index is 1.38. The number of fused-ring (bicyclic) bond motifs is 1. The van der Waals surface area contributed by atoms with Crippen molar-refractivity contribution in [2.45, 2.75) is 75.8 Å². The summed E-state index contributed by atoms with van der Waals surface area (Å²) in [5, 5.41) is 28.0. The highest BCUT2D eigenvalue weighted by atomic mass is 31.2. The number of aromatic nitrogens is 4. The fraction of sp³-hybridized carbons (Fsp3) is 0.481. The third kappa shape index (κ3) is 6.27. The summed E-state index contributed by atoms with van der Waals surface area (Å²) in [6, 6.07) is 7.36. The van der Waals surface area contributed by atoms with Crippen LogP contribution in [0.3, 0.4) is 0 Å². The van der Waals surface area contributed by atoms with Gasteiger partial charge in [0.2, 0.25) is 0 Å². The van der Waals surface area contributed by atoms with Crippen molar-refractivity contribution in [3.63, 3.8) is 0 Å². The Morgan fingerprint density at radius 3 is 2.64 bits per heavy atom. The van der Waals surface area contributed by atoms with Gasteiger partial charge in [-0.2, -0.15) is 5.09 Å². The normalized spacial score (nSPS) is 26.0. The summed E-state index contributed by atoms with van der Waals surface area (Å²) in [5.41, 5.74) is -1.17. The maximum atomic E-state index is 13.9. The van der Waals surface area contributed by atoms with Crippen LogP contribution in [0.25, 0.3) is 11.2 Å². The molecule has 14 nitrogen and oxygen atoms in total. The number of aliphatic hydroxyl groups is 2. The van der Waals surface area contributed by atoms with E-state index in [0.717, 1.165) is 12.8 Å². The predicted molar refractivity (Wildman–Crippen MR) is 150 cm³/mol. The third-order valence-corrected chi connectivity index (χ3v) is 8.32. The number of aliphatic hydroxyl groups excluding tert-OH is 2. The van der Waals surface area contributed by atoms with E-state index in [1.54, 1.807) is 44.2 Å². The van der Waals surface area contributed by atoms with Crippen LogP contribution < -0.4 is 14.9 Å². The lowest BCUT2D eigenvalue weighted by Crippen LogP contribution is -2.46. The second kappa shape index (κ2) is 12.0. The Kier molecular flexibility index (Phi) is 8.52. The first-order chi connectivity index (χ1) is 20.0. The van der Waals surface area contributed by atoms with E-state index in [1.165, 1.54) is 24.1 Å². The Labute approximate surface area is 242 Å². The SMILES string of the molecule is C#C[C@]1(COP(=O)(N[C@@H](C)C(=O)OC(C)C)Oc2ccccc2)O[C@@H](n2cnc3c(NC4CC4)ncnc32)C(O)C1O. The van der Waals surface area contributed by atoms with Gasteiger partial charge in [0.05, 0.1) is 12.4 Å². The Bertz CT molecular complexity index is 1510. The molecule has 42 heavy (non-hydrogen) atoms. The molecular weight excluding hydrogens is 567 g/mol. The van der Waals surface area contributed by atoms with Crippen LogP contribution in [0.15, 0.2) is 43.0 Å². The van der Waals surface area contributed by atoms with E-state index in [1.807, 2.05) is 0 Å². The Morgan fingerprint density at radius 1 is 1.24 bits per heavy atom. The highest BCUT2D eigenvalue weighted by molar-refractivity contribution is 7.52. The van der Waals surface area contributed by atoms with Crippen LogP contribution in [-0.2, 0) is 23.4 Å². The lowest BCUT2D eigenvalue weighted by atomic mass is 9.97. The molecule has 3 heterocycles. The molecule has 224 valence electrons. The zero-order valence-electron chi connectivity index (χ0n) is 23.3. The van der Waals surface area contributed by atoms with Crippen molar-refractivity contribution in [1.29, 1.82) is 0 Å². The number of benzene rings is 1. The minimum absolute atomic E-state index is 0.179. The van der Waals surface area contributed by atoms with E-state index >= 15 is 0 Å². The molecule has 0 radical (unpaired) electrons. The average molecular weight is 601 g/mol. The van der Waals surface area contributed by atoms with Crippen LogP contribution in [0.4, 0.5) is 5.82 Å². The van der Waals surface area contributed by atoms with Gasteiger partial charge in [-0.25, -0.2) is 19.5 Å². The van der Waals surface area contributed by atoms with Crippen molar-refractivity contribution in [2.24, 2.45) is 0 Å². The molecule has 1 aliphatic heterocycles. The molecule has 5 rings (SSSR count). The lowest BCUT2D eigenvalue weighted by Gasteiger charge is -2.29. The molecule has 3 aromatic rings. The van der Waals surface area contributed by atoms with Crippen molar-refractivity contribution in [3.05, 3.63) is 43.0 Å². The van der Waals surface area contributed by atoms with Gasteiger partial charge < -0.3 is 29.5 Å². The summed E-state index contributed by atoms with van der Waals surface area (Å²) in [6.07, 6.45) is 5.76. The van der Waals surface area contributed by atoms with E-state index in [9.17, 15) is 19.6 Å². The third-order valence-electron chi connectivity index (χ3n) is 6.69. The zero-order chi connectivity index (χ0) is 30.1. The highest BCUT2D eigenvalue weighted by Gasteiger charge is 2.56. The van der Waals surface area contributed by atoms with Gasteiger partial charge in [-0.15, -0.1) is 6.42 Å². The van der Waals surface area contributed by atoms with E-state index in [2.05, 4.69) is 31.3 Å². The summed E-state index contributed by atoms with van der Waals surface area (Å²) in [5.74, 6) is 2.38. The summed E-state index contributed by atoms with van der Waals surface area (Å²) in [6.45, 7) is 4.11. The van der Waals surface area contributed by atoms with Crippen molar-refractivity contribution in [2.75, 3.05) is 11.9 Å². The number of nitrogens with zero attached hydrogens (tertiary/aromatic N) is 4. The summed E-state index contributed by atoms with van der Waals surface area (Å²) in [7, 11) is -4.35. The maximum Gasteiger partial charge on any atom is 0.459 e. The van der Waals surface area contributed by atoms with Crippen molar-refractivity contribution in [3.8, 4) is 18.1 Å². The summed E-state index contributed by atoms with van der Waals surface area (Å²) < 4.78 is 38.0. The Hall–Kier alpha value is -3.57. The van der Waals surface area contributed by atoms with Crippen LogP contribution >= 0.6 is 7.75 Å². The molecule has 3 unspecified atom stereocenters. The van der Waals surface area contributed by atoms with Crippen LogP contribution in [-0.4, -0.2) is 78.3 Å². The Morgan fingerprint density at radius 2 is 1.98 bits per heavy atom. The van der Waals surface area contributed by atoms with Crippen LogP contribution in [0.5, 0.6) is 5.75 Å². The smallest absolute Gasteiger partial charge is 0.459 e. The first kappa shape index (κ1) is 29.9. The van der Waals surface area contributed by atoms with Crippen molar-refractivity contribution in [1.82, 2.24) is 24.6 Å². The van der Waals surface area contributed by atoms with Gasteiger partial charge in [0.1, 0.15) is 36.9 Å². The quantitative estimate of drug-likeness (QED) is 0.135. The van der Waals surface area contributed by atoms with Gasteiger partial charge in [-0.05, 0) is 45.7 Å². The monoisotopic (exact) mass is 600 g/mol. The van der Waals surface area contributed by atoms with Gasteiger partial charge >= 0.3 is 13.7 Å². The predicted octanol–water partition coefficient (Wildman–Crippen LogP) is 2.16. The lowest BCUT2D eigenvalue weighted by molar-refractivity contribution is -0.149. The number of nitrogens with one attached hydrogen (secondary N) is 2. The van der Waals surface area contributed by atoms with Gasteiger partial charge in [-0.1, -0.05) is 24.1 Å². The molecule has 1 saturated heterocycles. The second-order valence-electron chi connectivity index (χ2n) is 10.5. The number of hydrogen-bond donors (Lipinski definition) is 4. The molecule has 0 spiro atoms. The van der Waals surface area contributed by atoms with E-state index in [4.69, 9.17) is 24.9 Å².